The third-order valence-corrected chi connectivity index (χ3v) is 4.57. The van der Waals surface area contributed by atoms with Crippen molar-refractivity contribution in [2.24, 2.45) is 4.99 Å². The molecule has 1 amide bonds. The van der Waals surface area contributed by atoms with E-state index >= 15 is 0 Å². The van der Waals surface area contributed by atoms with Crippen molar-refractivity contribution in [2.45, 2.75) is 25.2 Å². The Morgan fingerprint density at radius 3 is 2.50 bits per heavy atom. The quantitative estimate of drug-likeness (QED) is 0.386. The highest BCUT2D eigenvalue weighted by molar-refractivity contribution is 5.91. The van der Waals surface area contributed by atoms with Crippen LogP contribution in [0.15, 0.2) is 58.1 Å². The molecule has 1 aromatic carbocycles. The van der Waals surface area contributed by atoms with Crippen LogP contribution >= 0.6 is 0 Å². The minimum Gasteiger partial charge on any atom is -0.459 e. The third kappa shape index (κ3) is 4.65. The van der Waals surface area contributed by atoms with E-state index in [1.165, 1.54) is 24.7 Å². The van der Waals surface area contributed by atoms with Gasteiger partial charge in [0.2, 0.25) is 0 Å². The van der Waals surface area contributed by atoms with Crippen LogP contribution in [0.25, 0.3) is 0 Å². The fourth-order valence-electron chi connectivity index (χ4n) is 2.90. The Bertz CT molecular complexity index is 722. The standard InChI is InChI=1S/C20H26N4O2/c1-2-21-19(23-13-12-22-18(25)17-9-6-14-26-17)24-15-20(10-11-20)16-7-4-3-5-8-16/h3-9,14H,2,10-13,15H2,1H3,(H,22,25)(H2,21,23,24). The van der Waals surface area contributed by atoms with Crippen molar-refractivity contribution in [2.75, 3.05) is 26.2 Å². The van der Waals surface area contributed by atoms with Crippen molar-refractivity contribution in [1.29, 1.82) is 0 Å². The second-order valence-electron chi connectivity index (χ2n) is 6.50. The molecular weight excluding hydrogens is 328 g/mol. The Kier molecular flexibility index (Phi) is 5.94. The zero-order valence-corrected chi connectivity index (χ0v) is 15.1. The van der Waals surface area contributed by atoms with Crippen LogP contribution in [0.4, 0.5) is 0 Å². The van der Waals surface area contributed by atoms with E-state index in [9.17, 15) is 4.79 Å². The number of amides is 1. The van der Waals surface area contributed by atoms with Gasteiger partial charge < -0.3 is 20.4 Å². The van der Waals surface area contributed by atoms with Gasteiger partial charge in [-0.1, -0.05) is 30.3 Å². The molecular formula is C20H26N4O2. The van der Waals surface area contributed by atoms with Gasteiger partial charge in [-0.25, -0.2) is 0 Å². The summed E-state index contributed by atoms with van der Waals surface area (Å²) in [5.41, 5.74) is 1.56. The van der Waals surface area contributed by atoms with Crippen LogP contribution < -0.4 is 16.0 Å². The van der Waals surface area contributed by atoms with Crippen LogP contribution in [0.1, 0.15) is 35.9 Å². The highest BCUT2D eigenvalue weighted by atomic mass is 16.3. The van der Waals surface area contributed by atoms with E-state index in [0.29, 0.717) is 18.8 Å². The largest absolute Gasteiger partial charge is 0.459 e. The summed E-state index contributed by atoms with van der Waals surface area (Å²) in [6, 6.07) is 13.9. The maximum Gasteiger partial charge on any atom is 0.287 e. The molecule has 0 bridgehead atoms. The highest BCUT2D eigenvalue weighted by Gasteiger charge is 2.43. The molecule has 6 nitrogen and oxygen atoms in total. The Morgan fingerprint density at radius 2 is 1.85 bits per heavy atom. The van der Waals surface area contributed by atoms with Gasteiger partial charge in [0, 0.05) is 25.0 Å². The topological polar surface area (TPSA) is 78.7 Å². The van der Waals surface area contributed by atoms with Gasteiger partial charge in [-0.2, -0.15) is 0 Å². The number of aliphatic imine (C=N–C) groups is 1. The first-order chi connectivity index (χ1) is 12.7. The average molecular weight is 354 g/mol. The molecule has 3 N–H and O–H groups in total. The molecule has 0 atom stereocenters. The summed E-state index contributed by atoms with van der Waals surface area (Å²) in [5, 5.41) is 9.34. The van der Waals surface area contributed by atoms with Crippen LogP contribution in [0, 0.1) is 0 Å². The molecule has 0 spiro atoms. The van der Waals surface area contributed by atoms with Crippen LogP contribution in [-0.4, -0.2) is 38.0 Å². The fourth-order valence-corrected chi connectivity index (χ4v) is 2.90. The molecule has 0 saturated heterocycles. The third-order valence-electron chi connectivity index (χ3n) is 4.57. The summed E-state index contributed by atoms with van der Waals surface area (Å²) in [6.45, 7) is 4.69. The number of nitrogens with zero attached hydrogens (tertiary/aromatic N) is 1. The molecule has 1 heterocycles. The smallest absolute Gasteiger partial charge is 0.287 e. The van der Waals surface area contributed by atoms with Gasteiger partial charge in [-0.05, 0) is 37.5 Å². The number of benzene rings is 1. The van der Waals surface area contributed by atoms with Crippen LogP contribution in [-0.2, 0) is 5.41 Å². The molecule has 6 heteroatoms. The van der Waals surface area contributed by atoms with Crippen molar-refractivity contribution >= 4 is 11.9 Å². The number of carbonyl (C=O) groups excluding carboxylic acids is 1. The molecule has 138 valence electrons. The van der Waals surface area contributed by atoms with E-state index < -0.39 is 0 Å². The van der Waals surface area contributed by atoms with Gasteiger partial charge in [0.25, 0.3) is 5.91 Å². The van der Waals surface area contributed by atoms with E-state index in [4.69, 9.17) is 9.41 Å². The predicted molar refractivity (Wildman–Crippen MR) is 102 cm³/mol. The van der Waals surface area contributed by atoms with Crippen molar-refractivity contribution in [1.82, 2.24) is 16.0 Å². The summed E-state index contributed by atoms with van der Waals surface area (Å²) >= 11 is 0. The number of carbonyl (C=O) groups is 1. The van der Waals surface area contributed by atoms with Gasteiger partial charge in [-0.3, -0.25) is 9.79 Å². The lowest BCUT2D eigenvalue weighted by Gasteiger charge is -2.16. The van der Waals surface area contributed by atoms with Crippen molar-refractivity contribution in [3.05, 3.63) is 60.1 Å². The maximum atomic E-state index is 11.8. The van der Waals surface area contributed by atoms with Crippen molar-refractivity contribution in [3.63, 3.8) is 0 Å². The van der Waals surface area contributed by atoms with E-state index in [0.717, 1.165) is 19.0 Å². The SMILES string of the molecule is CCNC(=NCC1(c2ccccc2)CC1)NCCNC(=O)c1ccco1. The number of guanidine groups is 1. The Labute approximate surface area is 154 Å². The first-order valence-electron chi connectivity index (χ1n) is 9.13. The molecule has 2 aromatic rings. The van der Waals surface area contributed by atoms with Gasteiger partial charge in [-0.15, -0.1) is 0 Å². The molecule has 1 fully saturated rings. The van der Waals surface area contributed by atoms with Gasteiger partial charge in [0.05, 0.1) is 12.8 Å². The number of hydrogen-bond donors (Lipinski definition) is 3. The molecule has 0 radical (unpaired) electrons. The zero-order valence-electron chi connectivity index (χ0n) is 15.1. The zero-order chi connectivity index (χ0) is 18.2. The van der Waals surface area contributed by atoms with Crippen LogP contribution in [0.3, 0.4) is 0 Å². The molecule has 1 aliphatic carbocycles. The number of nitrogens with one attached hydrogen (secondary N) is 3. The number of rotatable bonds is 8. The average Bonchev–Trinajstić information content (AvgIpc) is 3.26. The minimum absolute atomic E-state index is 0.192. The van der Waals surface area contributed by atoms with Gasteiger partial charge in [0.1, 0.15) is 0 Å². The Hall–Kier alpha value is -2.76. The summed E-state index contributed by atoms with van der Waals surface area (Å²) in [7, 11) is 0. The normalized spacial score (nSPS) is 15.3. The van der Waals surface area contributed by atoms with Crippen LogP contribution in [0.2, 0.25) is 0 Å². The molecule has 1 aromatic heterocycles. The molecule has 26 heavy (non-hydrogen) atoms. The van der Waals surface area contributed by atoms with E-state index in [2.05, 4.69) is 40.2 Å². The highest BCUT2D eigenvalue weighted by Crippen LogP contribution is 2.48. The van der Waals surface area contributed by atoms with Gasteiger partial charge in [0.15, 0.2) is 11.7 Å². The van der Waals surface area contributed by atoms with Crippen LogP contribution in [0.5, 0.6) is 0 Å². The second kappa shape index (κ2) is 8.56. The molecule has 1 aliphatic rings. The lowest BCUT2D eigenvalue weighted by Crippen LogP contribution is -2.42. The summed E-state index contributed by atoms with van der Waals surface area (Å²) in [4.78, 5) is 16.6. The lowest BCUT2D eigenvalue weighted by molar-refractivity contribution is 0.0926. The molecule has 0 aliphatic heterocycles. The second-order valence-corrected chi connectivity index (χ2v) is 6.50. The molecule has 3 rings (SSSR count). The van der Waals surface area contributed by atoms with Gasteiger partial charge >= 0.3 is 0 Å². The lowest BCUT2D eigenvalue weighted by atomic mass is 9.96. The van der Waals surface area contributed by atoms with Crippen molar-refractivity contribution < 1.29 is 9.21 Å². The van der Waals surface area contributed by atoms with E-state index in [-0.39, 0.29) is 11.3 Å². The van der Waals surface area contributed by atoms with E-state index in [1.807, 2.05) is 13.0 Å². The number of hydrogen-bond acceptors (Lipinski definition) is 3. The molecule has 1 saturated carbocycles. The summed E-state index contributed by atoms with van der Waals surface area (Å²) in [6.07, 6.45) is 3.85. The minimum atomic E-state index is -0.209. The maximum absolute atomic E-state index is 11.8. The summed E-state index contributed by atoms with van der Waals surface area (Å²) < 4.78 is 5.07. The Morgan fingerprint density at radius 1 is 1.08 bits per heavy atom. The first kappa shape index (κ1) is 18.0. The first-order valence-corrected chi connectivity index (χ1v) is 9.13. The summed E-state index contributed by atoms with van der Waals surface area (Å²) in [5.74, 6) is 0.894. The van der Waals surface area contributed by atoms with Crippen molar-refractivity contribution in [3.8, 4) is 0 Å². The van der Waals surface area contributed by atoms with E-state index in [1.54, 1.807) is 12.1 Å². The predicted octanol–water partition coefficient (Wildman–Crippen LogP) is 2.30. The Balaban J connectivity index is 1.48. The monoisotopic (exact) mass is 354 g/mol. The number of furan rings is 1. The molecule has 0 unspecified atom stereocenters. The fraction of sp³-hybridized carbons (Fsp3) is 0.400.